The molecule has 0 bridgehead atoms. The molecule has 0 aliphatic carbocycles. The zero-order valence-corrected chi connectivity index (χ0v) is 9.55. The summed E-state index contributed by atoms with van der Waals surface area (Å²) in [4.78, 5) is 0. The van der Waals surface area contributed by atoms with Gasteiger partial charge in [-0.3, -0.25) is 4.68 Å². The minimum Gasteiger partial charge on any atom is -0.268 e. The number of hydrogen-bond donors (Lipinski definition) is 0. The Balaban J connectivity index is 2.98. The molecular formula is C6H8BrIN2. The Kier molecular flexibility index (Phi) is 2.74. The van der Waals surface area contributed by atoms with E-state index in [9.17, 15) is 0 Å². The Morgan fingerprint density at radius 2 is 2.30 bits per heavy atom. The molecule has 56 valence electrons. The van der Waals surface area contributed by atoms with Gasteiger partial charge >= 0.3 is 0 Å². The first-order chi connectivity index (χ1) is 4.61. The standard InChI is InChI=1S/C6H8BrIN2/c1-4(2)10-3-5(7)6(8)9-10/h3-4H,1-2H3. The van der Waals surface area contributed by atoms with Gasteiger partial charge in [-0.25, -0.2) is 0 Å². The lowest BCUT2D eigenvalue weighted by Crippen LogP contribution is -2.00. The average Bonchev–Trinajstić information content (AvgIpc) is 2.13. The maximum atomic E-state index is 4.27. The van der Waals surface area contributed by atoms with E-state index in [1.54, 1.807) is 0 Å². The lowest BCUT2D eigenvalue weighted by molar-refractivity contribution is 0.529. The molecule has 0 saturated carbocycles. The third-order valence-corrected chi connectivity index (χ3v) is 3.29. The summed E-state index contributed by atoms with van der Waals surface area (Å²) >= 11 is 5.59. The highest BCUT2D eigenvalue weighted by Crippen LogP contribution is 2.18. The van der Waals surface area contributed by atoms with Crippen LogP contribution in [0, 0.1) is 3.70 Å². The van der Waals surface area contributed by atoms with Crippen molar-refractivity contribution in [3.8, 4) is 0 Å². The molecule has 1 heterocycles. The van der Waals surface area contributed by atoms with E-state index in [0.717, 1.165) is 8.17 Å². The van der Waals surface area contributed by atoms with Gasteiger partial charge in [0.25, 0.3) is 0 Å². The van der Waals surface area contributed by atoms with Crippen LogP contribution in [-0.4, -0.2) is 9.78 Å². The number of nitrogens with zero attached hydrogens (tertiary/aromatic N) is 2. The second-order valence-corrected chi connectivity index (χ2v) is 4.22. The molecule has 0 atom stereocenters. The van der Waals surface area contributed by atoms with E-state index >= 15 is 0 Å². The largest absolute Gasteiger partial charge is 0.268 e. The van der Waals surface area contributed by atoms with E-state index in [1.165, 1.54) is 0 Å². The first-order valence-corrected chi connectivity index (χ1v) is 4.88. The molecule has 0 N–H and O–H groups in total. The van der Waals surface area contributed by atoms with Crippen molar-refractivity contribution < 1.29 is 0 Å². The van der Waals surface area contributed by atoms with Crippen molar-refractivity contribution in [2.24, 2.45) is 0 Å². The van der Waals surface area contributed by atoms with E-state index in [1.807, 2.05) is 10.9 Å². The zero-order chi connectivity index (χ0) is 7.72. The Bertz CT molecular complexity index is 212. The highest BCUT2D eigenvalue weighted by molar-refractivity contribution is 14.1. The first-order valence-electron chi connectivity index (χ1n) is 3.01. The van der Waals surface area contributed by atoms with Crippen LogP contribution in [0.2, 0.25) is 0 Å². The Hall–Kier alpha value is 0.420. The third-order valence-electron chi connectivity index (χ3n) is 1.18. The van der Waals surface area contributed by atoms with Crippen LogP contribution in [0.25, 0.3) is 0 Å². The molecule has 2 nitrogen and oxygen atoms in total. The van der Waals surface area contributed by atoms with Crippen LogP contribution < -0.4 is 0 Å². The third kappa shape index (κ3) is 1.72. The summed E-state index contributed by atoms with van der Waals surface area (Å²) in [5.74, 6) is 0. The van der Waals surface area contributed by atoms with Gasteiger partial charge in [-0.15, -0.1) is 0 Å². The number of aromatic nitrogens is 2. The second kappa shape index (κ2) is 3.21. The van der Waals surface area contributed by atoms with E-state index in [-0.39, 0.29) is 0 Å². The highest BCUT2D eigenvalue weighted by atomic mass is 127. The molecule has 1 aromatic rings. The zero-order valence-electron chi connectivity index (χ0n) is 5.81. The summed E-state index contributed by atoms with van der Waals surface area (Å²) in [5.41, 5.74) is 0. The minimum atomic E-state index is 0.444. The smallest absolute Gasteiger partial charge is 0.137 e. The van der Waals surface area contributed by atoms with Gasteiger partial charge in [-0.1, -0.05) is 0 Å². The molecule has 0 aliphatic heterocycles. The maximum Gasteiger partial charge on any atom is 0.137 e. The molecule has 0 radical (unpaired) electrons. The van der Waals surface area contributed by atoms with Crippen molar-refractivity contribution in [2.45, 2.75) is 19.9 Å². The van der Waals surface area contributed by atoms with Gasteiger partial charge in [0, 0.05) is 12.2 Å². The van der Waals surface area contributed by atoms with E-state index in [0.29, 0.717) is 6.04 Å². The van der Waals surface area contributed by atoms with E-state index < -0.39 is 0 Å². The van der Waals surface area contributed by atoms with Gasteiger partial charge in [0.2, 0.25) is 0 Å². The Morgan fingerprint density at radius 3 is 2.50 bits per heavy atom. The van der Waals surface area contributed by atoms with Gasteiger partial charge in [-0.05, 0) is 52.4 Å². The predicted molar refractivity (Wildman–Crippen MR) is 53.0 cm³/mol. The first kappa shape index (κ1) is 8.52. The van der Waals surface area contributed by atoms with Crippen LogP contribution in [0.1, 0.15) is 19.9 Å². The summed E-state index contributed by atoms with van der Waals surface area (Å²) in [5, 5.41) is 4.27. The van der Waals surface area contributed by atoms with Crippen molar-refractivity contribution in [3.63, 3.8) is 0 Å². The Labute approximate surface area is 82.3 Å². The van der Waals surface area contributed by atoms with Crippen LogP contribution in [0.3, 0.4) is 0 Å². The topological polar surface area (TPSA) is 17.8 Å². The number of halogens is 2. The molecule has 0 aromatic carbocycles. The van der Waals surface area contributed by atoms with E-state index in [4.69, 9.17) is 0 Å². The number of hydrogen-bond acceptors (Lipinski definition) is 1. The van der Waals surface area contributed by atoms with Crippen LogP contribution in [0.5, 0.6) is 0 Å². The molecule has 0 saturated heterocycles. The summed E-state index contributed by atoms with van der Waals surface area (Å²) < 4.78 is 4.03. The van der Waals surface area contributed by atoms with E-state index in [2.05, 4.69) is 57.5 Å². The van der Waals surface area contributed by atoms with Crippen molar-refractivity contribution in [1.29, 1.82) is 0 Å². The lowest BCUT2D eigenvalue weighted by Gasteiger charge is -2.02. The van der Waals surface area contributed by atoms with Gasteiger partial charge in [0.05, 0.1) is 4.47 Å². The molecule has 1 aromatic heterocycles. The van der Waals surface area contributed by atoms with Gasteiger partial charge < -0.3 is 0 Å². The fourth-order valence-corrected chi connectivity index (χ4v) is 1.29. The van der Waals surface area contributed by atoms with Crippen LogP contribution in [0.15, 0.2) is 10.7 Å². The number of rotatable bonds is 1. The summed E-state index contributed by atoms with van der Waals surface area (Å²) in [6.07, 6.45) is 1.99. The summed E-state index contributed by atoms with van der Waals surface area (Å²) in [6, 6.07) is 0.444. The van der Waals surface area contributed by atoms with Gasteiger partial charge in [0.1, 0.15) is 3.70 Å². The van der Waals surface area contributed by atoms with Crippen molar-refractivity contribution in [3.05, 3.63) is 14.4 Å². The molecule has 0 aliphatic rings. The summed E-state index contributed by atoms with van der Waals surface area (Å²) in [6.45, 7) is 4.21. The monoisotopic (exact) mass is 314 g/mol. The quantitative estimate of drug-likeness (QED) is 0.729. The highest BCUT2D eigenvalue weighted by Gasteiger charge is 2.03. The Morgan fingerprint density at radius 1 is 1.70 bits per heavy atom. The predicted octanol–water partition coefficient (Wildman–Crippen LogP) is 2.83. The second-order valence-electron chi connectivity index (χ2n) is 2.34. The molecule has 0 fully saturated rings. The molecule has 0 unspecified atom stereocenters. The van der Waals surface area contributed by atoms with Crippen molar-refractivity contribution >= 4 is 38.5 Å². The fraction of sp³-hybridized carbons (Fsp3) is 0.500. The molecule has 10 heavy (non-hydrogen) atoms. The maximum absolute atomic E-state index is 4.27. The molecule has 4 heteroatoms. The van der Waals surface area contributed by atoms with Gasteiger partial charge in [0.15, 0.2) is 0 Å². The van der Waals surface area contributed by atoms with Crippen LogP contribution in [0.4, 0.5) is 0 Å². The molecular weight excluding hydrogens is 307 g/mol. The van der Waals surface area contributed by atoms with Crippen LogP contribution >= 0.6 is 38.5 Å². The summed E-state index contributed by atoms with van der Waals surface area (Å²) in [7, 11) is 0. The fourth-order valence-electron chi connectivity index (χ4n) is 0.612. The molecule has 1 rings (SSSR count). The molecule has 0 amide bonds. The van der Waals surface area contributed by atoms with Crippen molar-refractivity contribution in [2.75, 3.05) is 0 Å². The lowest BCUT2D eigenvalue weighted by atomic mass is 10.4. The van der Waals surface area contributed by atoms with Crippen molar-refractivity contribution in [1.82, 2.24) is 9.78 Å². The van der Waals surface area contributed by atoms with Crippen LogP contribution in [-0.2, 0) is 0 Å². The SMILES string of the molecule is CC(C)n1cc(Br)c(I)n1. The average molecular weight is 315 g/mol. The molecule has 0 spiro atoms. The van der Waals surface area contributed by atoms with Gasteiger partial charge in [-0.2, -0.15) is 5.10 Å². The minimum absolute atomic E-state index is 0.444. The normalized spacial score (nSPS) is 10.9.